The molecule has 4 nitrogen and oxygen atoms in total. The van der Waals surface area contributed by atoms with Crippen molar-refractivity contribution < 1.29 is 4.74 Å². The average molecular weight is 406 g/mol. The Morgan fingerprint density at radius 1 is 1.08 bits per heavy atom. The van der Waals surface area contributed by atoms with Crippen LogP contribution in [0.15, 0.2) is 66.3 Å². The first-order valence-corrected chi connectivity index (χ1v) is 9.69. The van der Waals surface area contributed by atoms with E-state index < -0.39 is 0 Å². The van der Waals surface area contributed by atoms with Gasteiger partial charge in [0.25, 0.3) is 0 Å². The third-order valence-corrected chi connectivity index (χ3v) is 5.24. The highest BCUT2D eigenvalue weighted by Crippen LogP contribution is 2.26. The van der Waals surface area contributed by atoms with Crippen LogP contribution in [-0.2, 0) is 18.9 Å². The molecule has 0 saturated carbocycles. The van der Waals surface area contributed by atoms with Gasteiger partial charge in [-0.3, -0.25) is 4.57 Å². The Labute approximate surface area is 166 Å². The third kappa shape index (κ3) is 4.81. The number of aromatic nitrogens is 3. The smallest absolute Gasteiger partial charge is 0.191 e. The molecule has 0 aliphatic heterocycles. The highest BCUT2D eigenvalue weighted by molar-refractivity contribution is 7.98. The summed E-state index contributed by atoms with van der Waals surface area (Å²) in [6.45, 7) is 4.74. The summed E-state index contributed by atoms with van der Waals surface area (Å²) in [5.74, 6) is 2.18. The van der Waals surface area contributed by atoms with Crippen LogP contribution in [0.3, 0.4) is 0 Å². The Kier molecular flexibility index (Phi) is 6.61. The maximum Gasteiger partial charge on any atom is 0.191 e. The number of nitrogens with zero attached hydrogens (tertiary/aromatic N) is 3. The first-order valence-electron chi connectivity index (χ1n) is 7.95. The van der Waals surface area contributed by atoms with Crippen molar-refractivity contribution in [2.45, 2.75) is 24.1 Å². The second-order valence-electron chi connectivity index (χ2n) is 5.42. The summed E-state index contributed by atoms with van der Waals surface area (Å²) in [5.41, 5.74) is 1.06. The Morgan fingerprint density at radius 2 is 1.85 bits per heavy atom. The molecule has 1 aromatic heterocycles. The molecule has 7 heteroatoms. The quantitative estimate of drug-likeness (QED) is 0.358. The topological polar surface area (TPSA) is 39.9 Å². The highest BCUT2D eigenvalue weighted by Gasteiger charge is 2.13. The van der Waals surface area contributed by atoms with Gasteiger partial charge in [-0.1, -0.05) is 59.2 Å². The molecule has 0 atom stereocenters. The van der Waals surface area contributed by atoms with Gasteiger partial charge in [0.05, 0.1) is 0 Å². The van der Waals surface area contributed by atoms with E-state index in [4.69, 9.17) is 27.9 Å². The van der Waals surface area contributed by atoms with E-state index in [0.717, 1.165) is 27.3 Å². The molecule has 0 aliphatic rings. The highest BCUT2D eigenvalue weighted by atomic mass is 35.5. The molecular formula is C19H17Cl2N3OS. The first-order chi connectivity index (χ1) is 12.7. The first kappa shape index (κ1) is 18.8. The van der Waals surface area contributed by atoms with Gasteiger partial charge in [-0.15, -0.1) is 16.8 Å². The molecule has 134 valence electrons. The van der Waals surface area contributed by atoms with Gasteiger partial charge in [0.1, 0.15) is 12.4 Å². The molecule has 1 heterocycles. The van der Waals surface area contributed by atoms with Crippen LogP contribution in [0.1, 0.15) is 11.4 Å². The Morgan fingerprint density at radius 3 is 2.58 bits per heavy atom. The number of hydrogen-bond acceptors (Lipinski definition) is 4. The minimum Gasteiger partial charge on any atom is -0.486 e. The fourth-order valence-corrected chi connectivity index (χ4v) is 3.66. The van der Waals surface area contributed by atoms with Crippen molar-refractivity contribution in [3.8, 4) is 5.75 Å². The minimum atomic E-state index is 0.315. The van der Waals surface area contributed by atoms with Crippen molar-refractivity contribution in [1.29, 1.82) is 0 Å². The van der Waals surface area contributed by atoms with Crippen molar-refractivity contribution in [2.75, 3.05) is 0 Å². The number of benzene rings is 2. The number of rotatable bonds is 8. The fraction of sp³-hybridized carbons (Fsp3) is 0.158. The Bertz CT molecular complexity index is 881. The molecule has 0 unspecified atom stereocenters. The number of halogens is 2. The standard InChI is InChI=1S/C19H17Cl2N3OS/c1-2-11-24-18(12-25-16-9-7-15(20)8-10-16)22-23-19(24)26-13-14-5-3-4-6-17(14)21/h2-10H,1,11-13H2. The number of allylic oxidation sites excluding steroid dienone is 1. The lowest BCUT2D eigenvalue weighted by Gasteiger charge is -2.09. The van der Waals surface area contributed by atoms with Gasteiger partial charge in [0.2, 0.25) is 0 Å². The van der Waals surface area contributed by atoms with Gasteiger partial charge in [-0.2, -0.15) is 0 Å². The summed E-state index contributed by atoms with van der Waals surface area (Å²) in [4.78, 5) is 0. The van der Waals surface area contributed by atoms with Crippen LogP contribution in [0.5, 0.6) is 5.75 Å². The Balaban J connectivity index is 1.70. The van der Waals surface area contributed by atoms with Gasteiger partial charge in [-0.25, -0.2) is 0 Å². The molecule has 0 aliphatic carbocycles. The molecule has 26 heavy (non-hydrogen) atoms. The molecule has 3 rings (SSSR count). The van der Waals surface area contributed by atoms with Crippen LogP contribution in [0.25, 0.3) is 0 Å². The molecule has 0 radical (unpaired) electrons. The molecule has 3 aromatic rings. The third-order valence-electron chi connectivity index (χ3n) is 3.60. The van der Waals surface area contributed by atoms with Gasteiger partial charge in [0, 0.05) is 22.3 Å². The summed E-state index contributed by atoms with van der Waals surface area (Å²) < 4.78 is 7.77. The van der Waals surface area contributed by atoms with E-state index in [0.29, 0.717) is 23.9 Å². The summed E-state index contributed by atoms with van der Waals surface area (Å²) in [6.07, 6.45) is 1.81. The lowest BCUT2D eigenvalue weighted by molar-refractivity contribution is 0.289. The fourth-order valence-electron chi connectivity index (χ4n) is 2.28. The molecule has 0 amide bonds. The summed E-state index contributed by atoms with van der Waals surface area (Å²) in [7, 11) is 0. The maximum absolute atomic E-state index is 6.22. The monoisotopic (exact) mass is 405 g/mol. The molecule has 0 bridgehead atoms. The SMILES string of the molecule is C=CCn1c(COc2ccc(Cl)cc2)nnc1SCc1ccccc1Cl. The van der Waals surface area contributed by atoms with Crippen LogP contribution in [-0.4, -0.2) is 14.8 Å². The lowest BCUT2D eigenvalue weighted by Crippen LogP contribution is -2.07. The van der Waals surface area contributed by atoms with Crippen molar-refractivity contribution in [2.24, 2.45) is 0 Å². The van der Waals surface area contributed by atoms with Crippen molar-refractivity contribution in [3.05, 3.63) is 82.6 Å². The second-order valence-corrected chi connectivity index (χ2v) is 7.21. The second kappa shape index (κ2) is 9.12. The van der Waals surface area contributed by atoms with Crippen molar-refractivity contribution in [1.82, 2.24) is 14.8 Å². The van der Waals surface area contributed by atoms with Crippen LogP contribution in [0.4, 0.5) is 0 Å². The van der Waals surface area contributed by atoms with Gasteiger partial charge < -0.3 is 4.74 Å². The van der Waals surface area contributed by atoms with E-state index in [-0.39, 0.29) is 0 Å². The van der Waals surface area contributed by atoms with Crippen molar-refractivity contribution in [3.63, 3.8) is 0 Å². The maximum atomic E-state index is 6.22. The minimum absolute atomic E-state index is 0.315. The van der Waals surface area contributed by atoms with Crippen LogP contribution < -0.4 is 4.74 Å². The Hall–Kier alpha value is -1.95. The zero-order valence-electron chi connectivity index (χ0n) is 13.9. The summed E-state index contributed by atoms with van der Waals surface area (Å²) in [5, 5.41) is 10.8. The molecule has 0 spiro atoms. The largest absolute Gasteiger partial charge is 0.486 e. The normalized spacial score (nSPS) is 10.7. The predicted molar refractivity (Wildman–Crippen MR) is 107 cm³/mol. The lowest BCUT2D eigenvalue weighted by atomic mass is 10.2. The van der Waals surface area contributed by atoms with Crippen LogP contribution in [0, 0.1) is 0 Å². The van der Waals surface area contributed by atoms with E-state index in [2.05, 4.69) is 16.8 Å². The van der Waals surface area contributed by atoms with E-state index >= 15 is 0 Å². The number of thioether (sulfide) groups is 1. The average Bonchev–Trinajstić information content (AvgIpc) is 3.03. The van der Waals surface area contributed by atoms with Crippen molar-refractivity contribution >= 4 is 35.0 Å². The van der Waals surface area contributed by atoms with Crippen LogP contribution >= 0.6 is 35.0 Å². The van der Waals surface area contributed by atoms with E-state index in [1.165, 1.54) is 0 Å². The number of ether oxygens (including phenoxy) is 1. The summed E-state index contributed by atoms with van der Waals surface area (Å²) in [6, 6.07) is 15.0. The molecular weight excluding hydrogens is 389 g/mol. The zero-order valence-corrected chi connectivity index (χ0v) is 16.3. The van der Waals surface area contributed by atoms with Crippen LogP contribution in [0.2, 0.25) is 10.0 Å². The molecule has 2 aromatic carbocycles. The van der Waals surface area contributed by atoms with Gasteiger partial charge in [-0.05, 0) is 35.9 Å². The predicted octanol–water partition coefficient (Wildman–Crippen LogP) is 5.64. The van der Waals surface area contributed by atoms with E-state index in [9.17, 15) is 0 Å². The summed E-state index contributed by atoms with van der Waals surface area (Å²) >= 11 is 13.7. The van der Waals surface area contributed by atoms with E-state index in [1.807, 2.05) is 47.0 Å². The molecule has 0 N–H and O–H groups in total. The van der Waals surface area contributed by atoms with E-state index in [1.54, 1.807) is 23.9 Å². The molecule has 0 saturated heterocycles. The van der Waals surface area contributed by atoms with Gasteiger partial charge >= 0.3 is 0 Å². The number of hydrogen-bond donors (Lipinski definition) is 0. The molecule has 0 fully saturated rings. The zero-order chi connectivity index (χ0) is 18.4. The van der Waals surface area contributed by atoms with Gasteiger partial charge in [0.15, 0.2) is 11.0 Å².